The molecule has 1 N–H and O–H groups in total. The molecule has 0 fully saturated rings. The molecule has 0 saturated carbocycles. The zero-order chi connectivity index (χ0) is 11.1. The van der Waals surface area contributed by atoms with Crippen LogP contribution in [-0.4, -0.2) is 22.8 Å². The van der Waals surface area contributed by atoms with Crippen LogP contribution in [-0.2, 0) is 11.3 Å². The average molecular weight is 228 g/mol. The second-order valence-electron chi connectivity index (χ2n) is 3.27. The van der Waals surface area contributed by atoms with Gasteiger partial charge in [0.2, 0.25) is 0 Å². The van der Waals surface area contributed by atoms with Crippen LogP contribution < -0.4 is 5.56 Å². The van der Waals surface area contributed by atoms with Crippen molar-refractivity contribution in [1.29, 1.82) is 0 Å². The van der Waals surface area contributed by atoms with Crippen molar-refractivity contribution in [3.05, 3.63) is 27.4 Å². The van der Waals surface area contributed by atoms with Gasteiger partial charge in [-0.15, -0.1) is 0 Å². The van der Waals surface area contributed by atoms with E-state index in [1.165, 1.54) is 6.07 Å². The molecule has 0 amide bonds. The zero-order valence-corrected chi connectivity index (χ0v) is 9.68. The van der Waals surface area contributed by atoms with Crippen LogP contribution in [0.3, 0.4) is 0 Å². The molecule has 0 aliphatic heterocycles. The highest BCUT2D eigenvalue weighted by Gasteiger charge is 1.93. The molecule has 5 heteroatoms. The van der Waals surface area contributed by atoms with Crippen LogP contribution in [0.5, 0.6) is 0 Å². The predicted molar refractivity (Wildman–Crippen MR) is 61.6 cm³/mol. The molecule has 1 rings (SSSR count). The van der Waals surface area contributed by atoms with Crippen molar-refractivity contribution in [3.8, 4) is 0 Å². The van der Waals surface area contributed by atoms with Gasteiger partial charge >= 0.3 is 0 Å². The van der Waals surface area contributed by atoms with Crippen LogP contribution in [0.1, 0.15) is 19.8 Å². The zero-order valence-electron chi connectivity index (χ0n) is 8.86. The predicted octanol–water partition coefficient (Wildman–Crippen LogP) is 1.72. The highest BCUT2D eigenvalue weighted by molar-refractivity contribution is 7.71. The molecule has 0 aliphatic rings. The van der Waals surface area contributed by atoms with Gasteiger partial charge in [0, 0.05) is 32.0 Å². The van der Waals surface area contributed by atoms with E-state index in [0.717, 1.165) is 32.6 Å². The Morgan fingerprint density at radius 1 is 1.53 bits per heavy atom. The summed E-state index contributed by atoms with van der Waals surface area (Å²) in [6.07, 6.45) is 3.65. The fourth-order valence-corrected chi connectivity index (χ4v) is 1.46. The van der Waals surface area contributed by atoms with Gasteiger partial charge in [-0.3, -0.25) is 9.78 Å². The molecular weight excluding hydrogens is 212 g/mol. The van der Waals surface area contributed by atoms with Gasteiger partial charge in [0.05, 0.1) is 0 Å². The largest absolute Gasteiger partial charge is 0.381 e. The lowest BCUT2D eigenvalue weighted by Gasteiger charge is -2.06. The average Bonchev–Trinajstić information content (AvgIpc) is 2.20. The molecule has 0 bridgehead atoms. The molecule has 0 aromatic carbocycles. The van der Waals surface area contributed by atoms with Crippen molar-refractivity contribution in [2.75, 3.05) is 13.2 Å². The third kappa shape index (κ3) is 4.40. The second-order valence-corrected chi connectivity index (χ2v) is 3.66. The van der Waals surface area contributed by atoms with Crippen molar-refractivity contribution in [2.24, 2.45) is 0 Å². The Labute approximate surface area is 93.9 Å². The molecule has 0 aliphatic carbocycles. The Hall–Kier alpha value is -0.940. The van der Waals surface area contributed by atoms with Crippen molar-refractivity contribution < 1.29 is 4.74 Å². The Morgan fingerprint density at radius 3 is 3.00 bits per heavy atom. The summed E-state index contributed by atoms with van der Waals surface area (Å²) in [7, 11) is 0. The topological polar surface area (TPSA) is 47.0 Å². The Balaban J connectivity index is 2.38. The van der Waals surface area contributed by atoms with Gasteiger partial charge in [0.1, 0.15) is 0 Å². The standard InChI is InChI=1S/C10H16N2O2S/c1-2-7-14-8-3-5-12-6-4-9(13)11-10(12)15/h4,6H,2-3,5,7-8H2,1H3,(H,11,13,15). The minimum atomic E-state index is -0.154. The monoisotopic (exact) mass is 228 g/mol. The van der Waals surface area contributed by atoms with Crippen molar-refractivity contribution in [1.82, 2.24) is 9.55 Å². The molecule has 0 atom stereocenters. The molecule has 0 radical (unpaired) electrons. The molecule has 0 saturated heterocycles. The van der Waals surface area contributed by atoms with Crippen LogP contribution >= 0.6 is 12.2 Å². The molecule has 1 aromatic heterocycles. The van der Waals surface area contributed by atoms with E-state index in [1.807, 2.05) is 4.57 Å². The molecule has 1 aromatic rings. The Morgan fingerprint density at radius 2 is 2.33 bits per heavy atom. The van der Waals surface area contributed by atoms with E-state index in [2.05, 4.69) is 11.9 Å². The van der Waals surface area contributed by atoms with E-state index in [-0.39, 0.29) is 5.56 Å². The van der Waals surface area contributed by atoms with Gasteiger partial charge < -0.3 is 9.30 Å². The lowest BCUT2D eigenvalue weighted by Crippen LogP contribution is -2.12. The first kappa shape index (κ1) is 12.1. The van der Waals surface area contributed by atoms with Crippen molar-refractivity contribution >= 4 is 12.2 Å². The lowest BCUT2D eigenvalue weighted by atomic mass is 10.4. The number of aromatic amines is 1. The minimum Gasteiger partial charge on any atom is -0.381 e. The first-order valence-corrected chi connectivity index (χ1v) is 5.52. The lowest BCUT2D eigenvalue weighted by molar-refractivity contribution is 0.129. The first-order valence-electron chi connectivity index (χ1n) is 5.11. The van der Waals surface area contributed by atoms with E-state index >= 15 is 0 Å². The molecule has 4 nitrogen and oxygen atoms in total. The fraction of sp³-hybridized carbons (Fsp3) is 0.600. The smallest absolute Gasteiger partial charge is 0.251 e. The van der Waals surface area contributed by atoms with Gasteiger partial charge in [-0.1, -0.05) is 6.92 Å². The highest BCUT2D eigenvalue weighted by Crippen LogP contribution is 1.92. The number of nitrogens with one attached hydrogen (secondary N) is 1. The van der Waals surface area contributed by atoms with Crippen molar-refractivity contribution in [3.63, 3.8) is 0 Å². The summed E-state index contributed by atoms with van der Waals surface area (Å²) < 4.78 is 7.66. The summed E-state index contributed by atoms with van der Waals surface area (Å²) in [5.74, 6) is 0. The summed E-state index contributed by atoms with van der Waals surface area (Å²) in [4.78, 5) is 13.5. The fourth-order valence-electron chi connectivity index (χ4n) is 1.20. The number of aromatic nitrogens is 2. The molecular formula is C10H16N2O2S. The Kier molecular flexibility index (Phi) is 5.28. The number of hydrogen-bond donors (Lipinski definition) is 1. The van der Waals surface area contributed by atoms with Gasteiger partial charge in [0.15, 0.2) is 4.77 Å². The maximum Gasteiger partial charge on any atom is 0.251 e. The third-order valence-electron chi connectivity index (χ3n) is 1.93. The van der Waals surface area contributed by atoms with Crippen LogP contribution in [0, 0.1) is 4.77 Å². The van der Waals surface area contributed by atoms with Gasteiger partial charge in [-0.05, 0) is 25.1 Å². The quantitative estimate of drug-likeness (QED) is 0.595. The molecule has 84 valence electrons. The summed E-state index contributed by atoms with van der Waals surface area (Å²) in [5.41, 5.74) is -0.154. The number of aryl methyl sites for hydroxylation is 1. The molecule has 1 heterocycles. The highest BCUT2D eigenvalue weighted by atomic mass is 32.1. The van der Waals surface area contributed by atoms with Crippen LogP contribution in [0.15, 0.2) is 17.1 Å². The number of rotatable bonds is 6. The summed E-state index contributed by atoms with van der Waals surface area (Å²) in [6.45, 7) is 4.39. The maximum atomic E-state index is 10.9. The minimum absolute atomic E-state index is 0.154. The van der Waals surface area contributed by atoms with Crippen LogP contribution in [0.25, 0.3) is 0 Å². The number of H-pyrrole nitrogens is 1. The summed E-state index contributed by atoms with van der Waals surface area (Å²) in [6, 6.07) is 1.47. The van der Waals surface area contributed by atoms with Crippen LogP contribution in [0.4, 0.5) is 0 Å². The van der Waals surface area contributed by atoms with E-state index in [9.17, 15) is 4.79 Å². The summed E-state index contributed by atoms with van der Waals surface area (Å²) >= 11 is 5.01. The van der Waals surface area contributed by atoms with E-state index < -0.39 is 0 Å². The van der Waals surface area contributed by atoms with Crippen LogP contribution in [0.2, 0.25) is 0 Å². The van der Waals surface area contributed by atoms with Gasteiger partial charge in [-0.2, -0.15) is 0 Å². The maximum absolute atomic E-state index is 10.9. The molecule has 15 heavy (non-hydrogen) atoms. The normalized spacial score (nSPS) is 10.5. The van der Waals surface area contributed by atoms with Crippen molar-refractivity contribution in [2.45, 2.75) is 26.3 Å². The van der Waals surface area contributed by atoms with E-state index in [1.54, 1.807) is 6.20 Å². The van der Waals surface area contributed by atoms with Gasteiger partial charge in [0.25, 0.3) is 5.56 Å². The van der Waals surface area contributed by atoms with Gasteiger partial charge in [-0.25, -0.2) is 0 Å². The third-order valence-corrected chi connectivity index (χ3v) is 2.27. The molecule has 0 spiro atoms. The number of hydrogen-bond acceptors (Lipinski definition) is 3. The SMILES string of the molecule is CCCOCCCn1ccc(=O)[nH]c1=S. The molecule has 0 unspecified atom stereocenters. The Bertz CT molecular complexity index is 397. The first-order chi connectivity index (χ1) is 7.24. The van der Waals surface area contributed by atoms with E-state index in [0.29, 0.717) is 4.77 Å². The van der Waals surface area contributed by atoms with E-state index in [4.69, 9.17) is 17.0 Å². The second kappa shape index (κ2) is 6.53. The summed E-state index contributed by atoms with van der Waals surface area (Å²) in [5, 5.41) is 0. The number of nitrogens with zero attached hydrogens (tertiary/aromatic N) is 1. The number of ether oxygens (including phenoxy) is 1.